The standard InChI is InChI=1S/C13H17NO/c1-10-3-5-11(6-4-10)13(15)12-7-8-14(2)9-12/h3-6,12H,7-9H2,1-2H3. The Labute approximate surface area is 90.9 Å². The zero-order valence-electron chi connectivity index (χ0n) is 9.36. The molecule has 2 nitrogen and oxygen atoms in total. The molecule has 0 saturated carbocycles. The molecule has 0 aromatic heterocycles. The minimum Gasteiger partial charge on any atom is -0.306 e. The van der Waals surface area contributed by atoms with E-state index in [1.807, 2.05) is 31.2 Å². The first-order chi connectivity index (χ1) is 7.16. The molecule has 1 unspecified atom stereocenters. The van der Waals surface area contributed by atoms with Crippen molar-refractivity contribution in [3.05, 3.63) is 35.4 Å². The normalized spacial score (nSPS) is 21.9. The number of likely N-dealkylation sites (tertiary alicyclic amines) is 1. The molecule has 2 rings (SSSR count). The van der Waals surface area contributed by atoms with E-state index in [1.165, 1.54) is 5.56 Å². The smallest absolute Gasteiger partial charge is 0.167 e. The molecular formula is C13H17NO. The number of carbonyl (C=O) groups is 1. The Balaban J connectivity index is 2.11. The molecule has 2 heteroatoms. The second-order valence-corrected chi connectivity index (χ2v) is 4.48. The highest BCUT2D eigenvalue weighted by molar-refractivity contribution is 5.98. The molecule has 0 amide bonds. The van der Waals surface area contributed by atoms with Crippen molar-refractivity contribution in [3.8, 4) is 0 Å². The number of nitrogens with zero attached hydrogens (tertiary/aromatic N) is 1. The maximum Gasteiger partial charge on any atom is 0.167 e. The molecule has 1 aromatic carbocycles. The van der Waals surface area contributed by atoms with Gasteiger partial charge in [0.25, 0.3) is 0 Å². The van der Waals surface area contributed by atoms with Crippen LogP contribution in [0.25, 0.3) is 0 Å². The second-order valence-electron chi connectivity index (χ2n) is 4.48. The molecule has 1 heterocycles. The van der Waals surface area contributed by atoms with Crippen molar-refractivity contribution in [1.29, 1.82) is 0 Å². The fraction of sp³-hybridized carbons (Fsp3) is 0.462. The van der Waals surface area contributed by atoms with E-state index in [9.17, 15) is 4.79 Å². The van der Waals surface area contributed by atoms with Gasteiger partial charge in [-0.1, -0.05) is 29.8 Å². The highest BCUT2D eigenvalue weighted by Crippen LogP contribution is 2.19. The molecule has 0 spiro atoms. The van der Waals surface area contributed by atoms with Crippen LogP contribution in [0.1, 0.15) is 22.3 Å². The van der Waals surface area contributed by atoms with Gasteiger partial charge in [-0.3, -0.25) is 4.79 Å². The summed E-state index contributed by atoms with van der Waals surface area (Å²) >= 11 is 0. The zero-order valence-corrected chi connectivity index (χ0v) is 9.36. The maximum absolute atomic E-state index is 12.1. The average molecular weight is 203 g/mol. The van der Waals surface area contributed by atoms with Crippen molar-refractivity contribution in [3.63, 3.8) is 0 Å². The lowest BCUT2D eigenvalue weighted by atomic mass is 9.96. The van der Waals surface area contributed by atoms with Gasteiger partial charge in [-0.05, 0) is 26.9 Å². The summed E-state index contributed by atoms with van der Waals surface area (Å²) in [6.45, 7) is 3.99. The van der Waals surface area contributed by atoms with E-state index in [1.54, 1.807) is 0 Å². The Morgan fingerprint density at radius 3 is 2.53 bits per heavy atom. The Morgan fingerprint density at radius 1 is 1.33 bits per heavy atom. The highest BCUT2D eigenvalue weighted by atomic mass is 16.1. The van der Waals surface area contributed by atoms with E-state index >= 15 is 0 Å². The first kappa shape index (κ1) is 10.4. The largest absolute Gasteiger partial charge is 0.306 e. The van der Waals surface area contributed by atoms with Crippen molar-refractivity contribution < 1.29 is 4.79 Å². The molecular weight excluding hydrogens is 186 g/mol. The summed E-state index contributed by atoms with van der Waals surface area (Å²) in [5.41, 5.74) is 2.07. The van der Waals surface area contributed by atoms with Crippen LogP contribution in [0, 0.1) is 12.8 Å². The SMILES string of the molecule is Cc1ccc(C(=O)C2CCN(C)C2)cc1. The van der Waals surface area contributed by atoms with Crippen LogP contribution in [-0.4, -0.2) is 30.8 Å². The number of aryl methyl sites for hydroxylation is 1. The number of ketones is 1. The van der Waals surface area contributed by atoms with Gasteiger partial charge in [-0.2, -0.15) is 0 Å². The van der Waals surface area contributed by atoms with Crippen molar-refractivity contribution in [2.75, 3.05) is 20.1 Å². The molecule has 1 atom stereocenters. The van der Waals surface area contributed by atoms with Gasteiger partial charge in [-0.15, -0.1) is 0 Å². The van der Waals surface area contributed by atoms with Crippen LogP contribution in [0.15, 0.2) is 24.3 Å². The highest BCUT2D eigenvalue weighted by Gasteiger charge is 2.26. The first-order valence-corrected chi connectivity index (χ1v) is 5.46. The monoisotopic (exact) mass is 203 g/mol. The second kappa shape index (κ2) is 4.15. The lowest BCUT2D eigenvalue weighted by molar-refractivity contribution is 0.0924. The molecule has 1 aliphatic heterocycles. The molecule has 1 aliphatic rings. The third-order valence-electron chi connectivity index (χ3n) is 3.10. The van der Waals surface area contributed by atoms with E-state index in [-0.39, 0.29) is 5.92 Å². The van der Waals surface area contributed by atoms with Crippen molar-refractivity contribution in [2.45, 2.75) is 13.3 Å². The minimum atomic E-state index is 0.206. The van der Waals surface area contributed by atoms with Crippen molar-refractivity contribution >= 4 is 5.78 Å². The zero-order chi connectivity index (χ0) is 10.8. The molecule has 15 heavy (non-hydrogen) atoms. The van der Waals surface area contributed by atoms with Gasteiger partial charge in [0.1, 0.15) is 0 Å². The fourth-order valence-corrected chi connectivity index (χ4v) is 2.10. The predicted octanol–water partition coefficient (Wildman–Crippen LogP) is 2.13. The summed E-state index contributed by atoms with van der Waals surface area (Å²) in [6, 6.07) is 7.89. The Hall–Kier alpha value is -1.15. The van der Waals surface area contributed by atoms with Crippen LogP contribution in [0.5, 0.6) is 0 Å². The fourth-order valence-electron chi connectivity index (χ4n) is 2.10. The van der Waals surface area contributed by atoms with E-state index in [0.717, 1.165) is 25.1 Å². The van der Waals surface area contributed by atoms with E-state index in [0.29, 0.717) is 5.78 Å². The van der Waals surface area contributed by atoms with Crippen LogP contribution in [-0.2, 0) is 0 Å². The average Bonchev–Trinajstić information content (AvgIpc) is 2.65. The predicted molar refractivity (Wildman–Crippen MR) is 61.1 cm³/mol. The summed E-state index contributed by atoms with van der Waals surface area (Å²) in [7, 11) is 2.07. The quantitative estimate of drug-likeness (QED) is 0.686. The van der Waals surface area contributed by atoms with Gasteiger partial charge in [0.2, 0.25) is 0 Å². The van der Waals surface area contributed by atoms with E-state index in [2.05, 4.69) is 11.9 Å². The van der Waals surface area contributed by atoms with Gasteiger partial charge in [0, 0.05) is 18.0 Å². The molecule has 1 aromatic rings. The molecule has 80 valence electrons. The van der Waals surface area contributed by atoms with Gasteiger partial charge in [0.05, 0.1) is 0 Å². The van der Waals surface area contributed by atoms with Crippen LogP contribution < -0.4 is 0 Å². The summed E-state index contributed by atoms with van der Waals surface area (Å²) < 4.78 is 0. The van der Waals surface area contributed by atoms with Gasteiger partial charge < -0.3 is 4.90 Å². The van der Waals surface area contributed by atoms with Crippen LogP contribution in [0.3, 0.4) is 0 Å². The molecule has 0 aliphatic carbocycles. The van der Waals surface area contributed by atoms with Crippen LogP contribution in [0.2, 0.25) is 0 Å². The number of Topliss-reactive ketones (excluding diaryl/α,β-unsaturated/α-hetero) is 1. The van der Waals surface area contributed by atoms with Crippen molar-refractivity contribution in [1.82, 2.24) is 4.90 Å². The van der Waals surface area contributed by atoms with Gasteiger partial charge in [0.15, 0.2) is 5.78 Å². The van der Waals surface area contributed by atoms with Crippen LogP contribution in [0.4, 0.5) is 0 Å². The number of hydrogen-bond acceptors (Lipinski definition) is 2. The summed E-state index contributed by atoms with van der Waals surface area (Å²) in [5, 5.41) is 0. The third-order valence-corrected chi connectivity index (χ3v) is 3.10. The number of rotatable bonds is 2. The number of hydrogen-bond donors (Lipinski definition) is 0. The molecule has 0 bridgehead atoms. The first-order valence-electron chi connectivity index (χ1n) is 5.46. The van der Waals surface area contributed by atoms with E-state index in [4.69, 9.17) is 0 Å². The summed E-state index contributed by atoms with van der Waals surface area (Å²) in [5.74, 6) is 0.511. The molecule has 0 radical (unpaired) electrons. The Kier molecular flexibility index (Phi) is 2.87. The third kappa shape index (κ3) is 2.26. The lowest BCUT2D eigenvalue weighted by Crippen LogP contribution is -2.19. The number of benzene rings is 1. The van der Waals surface area contributed by atoms with E-state index < -0.39 is 0 Å². The minimum absolute atomic E-state index is 0.206. The summed E-state index contributed by atoms with van der Waals surface area (Å²) in [4.78, 5) is 14.3. The van der Waals surface area contributed by atoms with Gasteiger partial charge in [-0.25, -0.2) is 0 Å². The number of carbonyl (C=O) groups excluding carboxylic acids is 1. The Morgan fingerprint density at radius 2 is 2.00 bits per heavy atom. The Bertz CT molecular complexity index is 355. The molecule has 1 fully saturated rings. The maximum atomic E-state index is 12.1. The van der Waals surface area contributed by atoms with Gasteiger partial charge >= 0.3 is 0 Å². The molecule has 0 N–H and O–H groups in total. The lowest BCUT2D eigenvalue weighted by Gasteiger charge is -2.09. The summed E-state index contributed by atoms with van der Waals surface area (Å²) in [6.07, 6.45) is 1.00. The molecule has 1 saturated heterocycles. The van der Waals surface area contributed by atoms with Crippen molar-refractivity contribution in [2.24, 2.45) is 5.92 Å². The van der Waals surface area contributed by atoms with Crippen LogP contribution >= 0.6 is 0 Å². The topological polar surface area (TPSA) is 20.3 Å².